The van der Waals surface area contributed by atoms with Gasteiger partial charge in [0, 0.05) is 30.0 Å². The molecule has 1 atom stereocenters. The number of ether oxygens (including phenoxy) is 1. The van der Waals surface area contributed by atoms with Gasteiger partial charge in [-0.2, -0.15) is 10.2 Å². The van der Waals surface area contributed by atoms with E-state index in [2.05, 4.69) is 15.5 Å². The Kier molecular flexibility index (Phi) is 5.51. The van der Waals surface area contributed by atoms with Gasteiger partial charge in [-0.05, 0) is 50.6 Å². The number of hydrogen-bond acceptors (Lipinski definition) is 4. The summed E-state index contributed by atoms with van der Waals surface area (Å²) >= 11 is 6.01. The first-order valence-electron chi connectivity index (χ1n) is 8.57. The van der Waals surface area contributed by atoms with Crippen LogP contribution in [-0.4, -0.2) is 25.5 Å². The van der Waals surface area contributed by atoms with Gasteiger partial charge in [0.1, 0.15) is 11.4 Å². The second-order valence-electron chi connectivity index (χ2n) is 6.46. The average molecular weight is 388 g/mol. The van der Waals surface area contributed by atoms with Gasteiger partial charge in [-0.1, -0.05) is 11.6 Å². The zero-order valence-corrected chi connectivity index (χ0v) is 16.5. The summed E-state index contributed by atoms with van der Waals surface area (Å²) in [5, 5.41) is 12.2. The van der Waals surface area contributed by atoms with Crippen molar-refractivity contribution in [1.29, 1.82) is 0 Å². The number of carbonyl (C=O) groups excluding carboxylic acids is 1. The molecule has 2 aromatic heterocycles. The van der Waals surface area contributed by atoms with Gasteiger partial charge in [-0.15, -0.1) is 0 Å². The molecule has 0 radical (unpaired) electrons. The normalized spacial score (nSPS) is 12.0. The molecule has 0 bridgehead atoms. The molecule has 0 saturated carbocycles. The van der Waals surface area contributed by atoms with Gasteiger partial charge < -0.3 is 10.1 Å². The highest BCUT2D eigenvalue weighted by molar-refractivity contribution is 6.31. The first-order valence-corrected chi connectivity index (χ1v) is 8.94. The molecule has 0 saturated heterocycles. The quantitative estimate of drug-likeness (QED) is 0.703. The summed E-state index contributed by atoms with van der Waals surface area (Å²) in [6.45, 7) is 5.95. The summed E-state index contributed by atoms with van der Waals surface area (Å²) in [7, 11) is 1.86. The number of rotatable bonds is 6. The topological polar surface area (TPSA) is 74.0 Å². The van der Waals surface area contributed by atoms with Gasteiger partial charge in [0.2, 0.25) is 0 Å². The number of aryl methyl sites for hydroxylation is 3. The molecular formula is C19H22ClN5O2. The highest BCUT2D eigenvalue weighted by Crippen LogP contribution is 2.21. The molecule has 1 aromatic carbocycles. The largest absolute Gasteiger partial charge is 0.471 e. The molecule has 0 fully saturated rings. The van der Waals surface area contributed by atoms with Crippen LogP contribution in [0, 0.1) is 13.8 Å². The van der Waals surface area contributed by atoms with Crippen molar-refractivity contribution in [2.24, 2.45) is 7.05 Å². The van der Waals surface area contributed by atoms with Crippen LogP contribution in [0.4, 0.5) is 0 Å². The van der Waals surface area contributed by atoms with E-state index < -0.39 is 0 Å². The Morgan fingerprint density at radius 3 is 2.74 bits per heavy atom. The van der Waals surface area contributed by atoms with E-state index in [-0.39, 0.29) is 18.7 Å². The van der Waals surface area contributed by atoms with Crippen LogP contribution in [0.5, 0.6) is 5.75 Å². The van der Waals surface area contributed by atoms with Gasteiger partial charge in [0.05, 0.1) is 11.7 Å². The van der Waals surface area contributed by atoms with Crippen molar-refractivity contribution in [3.05, 3.63) is 64.2 Å². The molecule has 0 aliphatic carbocycles. The maximum atomic E-state index is 12.4. The number of halogens is 1. The maximum Gasteiger partial charge on any atom is 0.272 e. The number of benzene rings is 1. The third-order valence-electron chi connectivity index (χ3n) is 4.23. The minimum absolute atomic E-state index is 0.162. The molecule has 27 heavy (non-hydrogen) atoms. The van der Waals surface area contributed by atoms with Crippen LogP contribution in [0.2, 0.25) is 5.02 Å². The number of nitrogens with one attached hydrogen (secondary N) is 1. The van der Waals surface area contributed by atoms with Crippen molar-refractivity contribution >= 4 is 17.5 Å². The molecule has 142 valence electrons. The molecular weight excluding hydrogens is 366 g/mol. The smallest absolute Gasteiger partial charge is 0.272 e. The lowest BCUT2D eigenvalue weighted by Gasteiger charge is -2.12. The predicted molar refractivity (Wildman–Crippen MR) is 103 cm³/mol. The SMILES string of the molecule is Cc1cc(OCn2ccc(C(=O)NC(C)c3cn(C)nc3C)n2)ccc1Cl. The van der Waals surface area contributed by atoms with Crippen LogP contribution in [0.3, 0.4) is 0 Å². The second-order valence-corrected chi connectivity index (χ2v) is 6.87. The van der Waals surface area contributed by atoms with Crippen LogP contribution in [0.15, 0.2) is 36.7 Å². The molecule has 7 nitrogen and oxygen atoms in total. The summed E-state index contributed by atoms with van der Waals surface area (Å²) in [4.78, 5) is 12.4. The first kappa shape index (κ1) is 19.0. The van der Waals surface area contributed by atoms with Gasteiger partial charge in [0.25, 0.3) is 5.91 Å². The fourth-order valence-corrected chi connectivity index (χ4v) is 2.91. The minimum Gasteiger partial charge on any atom is -0.471 e. The molecule has 1 N–H and O–H groups in total. The lowest BCUT2D eigenvalue weighted by atomic mass is 10.1. The number of aromatic nitrogens is 4. The molecule has 0 spiro atoms. The van der Waals surface area contributed by atoms with Gasteiger partial charge in [-0.3, -0.25) is 9.48 Å². The maximum absolute atomic E-state index is 12.4. The lowest BCUT2D eigenvalue weighted by Crippen LogP contribution is -2.27. The monoisotopic (exact) mass is 387 g/mol. The molecule has 2 heterocycles. The van der Waals surface area contributed by atoms with Gasteiger partial charge in [-0.25, -0.2) is 4.68 Å². The predicted octanol–water partition coefficient (Wildman–Crippen LogP) is 3.41. The van der Waals surface area contributed by atoms with E-state index in [0.29, 0.717) is 16.5 Å². The molecule has 3 rings (SSSR count). The second kappa shape index (κ2) is 7.84. The Balaban J connectivity index is 1.60. The fraction of sp³-hybridized carbons (Fsp3) is 0.316. The zero-order chi connectivity index (χ0) is 19.6. The van der Waals surface area contributed by atoms with E-state index in [1.54, 1.807) is 33.8 Å². The highest BCUT2D eigenvalue weighted by Gasteiger charge is 2.17. The van der Waals surface area contributed by atoms with Crippen LogP contribution >= 0.6 is 11.6 Å². The summed E-state index contributed by atoms with van der Waals surface area (Å²) in [6.07, 6.45) is 3.61. The van der Waals surface area contributed by atoms with Crippen LogP contribution in [-0.2, 0) is 13.8 Å². The Morgan fingerprint density at radius 1 is 1.30 bits per heavy atom. The Labute approximate surface area is 162 Å². The summed E-state index contributed by atoms with van der Waals surface area (Å²) in [6, 6.07) is 6.94. The number of nitrogens with zero attached hydrogens (tertiary/aromatic N) is 4. The van der Waals surface area contributed by atoms with Crippen molar-refractivity contribution in [3.63, 3.8) is 0 Å². The number of carbonyl (C=O) groups is 1. The molecule has 0 aliphatic heterocycles. The Morgan fingerprint density at radius 2 is 2.07 bits per heavy atom. The summed E-state index contributed by atoms with van der Waals surface area (Å²) < 4.78 is 8.99. The third kappa shape index (κ3) is 4.49. The molecule has 1 unspecified atom stereocenters. The lowest BCUT2D eigenvalue weighted by molar-refractivity contribution is 0.0932. The highest BCUT2D eigenvalue weighted by atomic mass is 35.5. The number of amides is 1. The van der Waals surface area contributed by atoms with E-state index in [0.717, 1.165) is 16.8 Å². The summed E-state index contributed by atoms with van der Waals surface area (Å²) in [5.41, 5.74) is 3.14. The van der Waals surface area contributed by atoms with Crippen molar-refractivity contribution in [2.75, 3.05) is 0 Å². The fourth-order valence-electron chi connectivity index (χ4n) is 2.79. The van der Waals surface area contributed by atoms with Crippen LogP contribution in [0.25, 0.3) is 0 Å². The van der Waals surface area contributed by atoms with E-state index in [9.17, 15) is 4.79 Å². The van der Waals surface area contributed by atoms with E-state index >= 15 is 0 Å². The van der Waals surface area contributed by atoms with E-state index in [4.69, 9.17) is 16.3 Å². The van der Waals surface area contributed by atoms with Crippen LogP contribution < -0.4 is 10.1 Å². The summed E-state index contributed by atoms with van der Waals surface area (Å²) in [5.74, 6) is 0.450. The molecule has 3 aromatic rings. The third-order valence-corrected chi connectivity index (χ3v) is 4.66. The van der Waals surface area contributed by atoms with Crippen molar-refractivity contribution in [3.8, 4) is 5.75 Å². The van der Waals surface area contributed by atoms with E-state index in [1.165, 1.54) is 0 Å². The Hall–Kier alpha value is -2.80. The zero-order valence-electron chi connectivity index (χ0n) is 15.7. The van der Waals surface area contributed by atoms with Crippen molar-refractivity contribution in [1.82, 2.24) is 24.9 Å². The van der Waals surface area contributed by atoms with Gasteiger partial charge >= 0.3 is 0 Å². The van der Waals surface area contributed by atoms with E-state index in [1.807, 2.05) is 40.1 Å². The molecule has 1 amide bonds. The standard InChI is InChI=1S/C19H22ClN5O2/c1-12-9-15(5-6-17(12)20)27-11-25-8-7-18(23-25)19(26)21-13(2)16-10-24(4)22-14(16)3/h5-10,13H,11H2,1-4H3,(H,21,26). The van der Waals surface area contributed by atoms with Crippen molar-refractivity contribution < 1.29 is 9.53 Å². The minimum atomic E-state index is -0.244. The van der Waals surface area contributed by atoms with Crippen LogP contribution in [0.1, 0.15) is 40.3 Å². The molecule has 0 aliphatic rings. The molecule has 8 heteroatoms. The Bertz CT molecular complexity index is 963. The van der Waals surface area contributed by atoms with Gasteiger partial charge in [0.15, 0.2) is 6.73 Å². The van der Waals surface area contributed by atoms with Crippen molar-refractivity contribution in [2.45, 2.75) is 33.5 Å². The number of hydrogen-bond donors (Lipinski definition) is 1. The first-order chi connectivity index (χ1) is 12.8. The average Bonchev–Trinajstić information content (AvgIpc) is 3.22.